The molecule has 0 bridgehead atoms. The van der Waals surface area contributed by atoms with Gasteiger partial charge in [0, 0.05) is 4.88 Å². The van der Waals surface area contributed by atoms with E-state index in [1.54, 1.807) is 6.92 Å². The Labute approximate surface area is 161 Å². The molecule has 140 valence electrons. The van der Waals surface area contributed by atoms with Crippen molar-refractivity contribution < 1.29 is 14.1 Å². The monoisotopic (exact) mass is 383 g/mol. The van der Waals surface area contributed by atoms with Crippen LogP contribution in [-0.2, 0) is 22.6 Å². The predicted molar refractivity (Wildman–Crippen MR) is 104 cm³/mol. The zero-order chi connectivity index (χ0) is 18.8. The molecule has 0 radical (unpaired) electrons. The first kappa shape index (κ1) is 17.9. The topological polar surface area (TPSA) is 77.3 Å². The molecule has 1 aliphatic heterocycles. The van der Waals surface area contributed by atoms with E-state index in [9.17, 15) is 4.79 Å². The Balaban J connectivity index is 1.69. The summed E-state index contributed by atoms with van der Waals surface area (Å²) in [4.78, 5) is 18.5. The van der Waals surface area contributed by atoms with Crippen molar-refractivity contribution in [2.75, 3.05) is 11.9 Å². The third-order valence-corrected chi connectivity index (χ3v) is 5.85. The van der Waals surface area contributed by atoms with Crippen molar-refractivity contribution in [3.63, 3.8) is 0 Å². The van der Waals surface area contributed by atoms with E-state index in [1.165, 1.54) is 11.3 Å². The van der Waals surface area contributed by atoms with Crippen molar-refractivity contribution in [2.24, 2.45) is 0 Å². The molecule has 27 heavy (non-hydrogen) atoms. The van der Waals surface area contributed by atoms with Gasteiger partial charge in [0.15, 0.2) is 5.82 Å². The molecule has 0 spiro atoms. The number of rotatable bonds is 5. The zero-order valence-corrected chi connectivity index (χ0v) is 16.1. The Morgan fingerprint density at radius 2 is 2.15 bits per heavy atom. The number of aryl methyl sites for hydroxylation is 1. The molecule has 0 unspecified atom stereocenters. The van der Waals surface area contributed by atoms with Crippen molar-refractivity contribution in [1.82, 2.24) is 10.1 Å². The van der Waals surface area contributed by atoms with Crippen molar-refractivity contribution >= 4 is 22.2 Å². The first-order valence-electron chi connectivity index (χ1n) is 9.06. The number of thiophene rings is 1. The number of carbonyl (C=O) groups excluding carboxylic acids is 1. The number of hydrogen-bond acceptors (Lipinski definition) is 6. The molecule has 1 aromatic carbocycles. The summed E-state index contributed by atoms with van der Waals surface area (Å²) in [6, 6.07) is 9.85. The van der Waals surface area contributed by atoms with Gasteiger partial charge in [-0.2, -0.15) is 4.98 Å². The van der Waals surface area contributed by atoms with Gasteiger partial charge in [0.2, 0.25) is 5.91 Å². The normalized spacial score (nSPS) is 14.6. The van der Waals surface area contributed by atoms with Crippen molar-refractivity contribution in [3.05, 3.63) is 52.2 Å². The highest BCUT2D eigenvalue weighted by Crippen LogP contribution is 2.43. The average molecular weight is 383 g/mol. The summed E-state index contributed by atoms with van der Waals surface area (Å²) in [7, 11) is 0. The molecule has 1 N–H and O–H groups in total. The number of nitrogens with one attached hydrogen (secondary N) is 1. The quantitative estimate of drug-likeness (QED) is 0.710. The fraction of sp³-hybridized carbons (Fsp3) is 0.350. The number of carbonyl (C=O) groups is 1. The second-order valence-electron chi connectivity index (χ2n) is 6.52. The lowest BCUT2D eigenvalue weighted by Gasteiger charge is -2.15. The summed E-state index contributed by atoms with van der Waals surface area (Å²) in [5.74, 6) is 0.791. The van der Waals surface area contributed by atoms with Gasteiger partial charge >= 0.3 is 0 Å². The van der Waals surface area contributed by atoms with Crippen LogP contribution < -0.4 is 5.32 Å². The van der Waals surface area contributed by atoms with E-state index < -0.39 is 0 Å². The third kappa shape index (κ3) is 3.52. The number of benzene rings is 1. The van der Waals surface area contributed by atoms with Gasteiger partial charge in [-0.15, -0.1) is 11.3 Å². The molecule has 1 aliphatic rings. The maximum atomic E-state index is 13.0. The van der Waals surface area contributed by atoms with E-state index in [0.717, 1.165) is 39.4 Å². The van der Waals surface area contributed by atoms with E-state index in [1.807, 2.05) is 37.3 Å². The number of amides is 1. The summed E-state index contributed by atoms with van der Waals surface area (Å²) in [5.41, 5.74) is 2.99. The number of ether oxygens (including phenoxy) is 1. The van der Waals surface area contributed by atoms with Crippen LogP contribution in [0, 0.1) is 6.92 Å². The first-order valence-corrected chi connectivity index (χ1v) is 9.87. The largest absolute Gasteiger partial charge is 0.376 e. The highest BCUT2D eigenvalue weighted by Gasteiger charge is 2.28. The Morgan fingerprint density at radius 3 is 2.85 bits per heavy atom. The zero-order valence-electron chi connectivity index (χ0n) is 15.3. The number of hydrogen-bond donors (Lipinski definition) is 1. The maximum absolute atomic E-state index is 13.0. The molecule has 0 fully saturated rings. The van der Waals surface area contributed by atoms with Crippen LogP contribution in [0.25, 0.3) is 11.5 Å². The number of fused-ring (bicyclic) bond motifs is 1. The lowest BCUT2D eigenvalue weighted by Crippen LogP contribution is -2.20. The Hall–Kier alpha value is -2.51. The summed E-state index contributed by atoms with van der Waals surface area (Å²) in [6.45, 7) is 5.01. The molecule has 4 rings (SSSR count). The van der Waals surface area contributed by atoms with Crippen LogP contribution in [0.15, 0.2) is 34.9 Å². The van der Waals surface area contributed by atoms with Gasteiger partial charge in [-0.05, 0) is 30.9 Å². The second-order valence-corrected chi connectivity index (χ2v) is 7.62. The highest BCUT2D eigenvalue weighted by atomic mass is 32.1. The van der Waals surface area contributed by atoms with E-state index in [4.69, 9.17) is 9.26 Å². The van der Waals surface area contributed by atoms with Crippen molar-refractivity contribution in [2.45, 2.75) is 39.2 Å². The Kier molecular flexibility index (Phi) is 5.05. The summed E-state index contributed by atoms with van der Waals surface area (Å²) < 4.78 is 11.0. The Bertz CT molecular complexity index is 949. The lowest BCUT2D eigenvalue weighted by atomic mass is 9.95. The van der Waals surface area contributed by atoms with Gasteiger partial charge in [-0.25, -0.2) is 0 Å². The lowest BCUT2D eigenvalue weighted by molar-refractivity contribution is -0.117. The molecule has 0 saturated carbocycles. The van der Waals surface area contributed by atoms with Gasteiger partial charge in [0.05, 0.1) is 24.7 Å². The smallest absolute Gasteiger partial charge is 0.261 e. The van der Waals surface area contributed by atoms with E-state index >= 15 is 0 Å². The van der Waals surface area contributed by atoms with Crippen LogP contribution in [0.2, 0.25) is 0 Å². The van der Waals surface area contributed by atoms with E-state index in [-0.39, 0.29) is 11.8 Å². The summed E-state index contributed by atoms with van der Waals surface area (Å²) in [5, 5.41) is 7.79. The minimum Gasteiger partial charge on any atom is -0.376 e. The van der Waals surface area contributed by atoms with Crippen LogP contribution in [0.3, 0.4) is 0 Å². The molecule has 6 nitrogen and oxygen atoms in total. The van der Waals surface area contributed by atoms with Gasteiger partial charge in [0.25, 0.3) is 5.89 Å². The Morgan fingerprint density at radius 1 is 1.33 bits per heavy atom. The minimum absolute atomic E-state index is 0.0271. The van der Waals surface area contributed by atoms with Crippen LogP contribution >= 0.6 is 11.3 Å². The SMILES string of the molecule is CC[C@H](C(=O)Nc1sc2c(c1-c1nc(C)no1)CCOC2)c1ccccc1. The van der Waals surface area contributed by atoms with Crippen LogP contribution in [0.1, 0.15) is 41.1 Å². The molecule has 0 saturated heterocycles. The molecule has 2 aromatic heterocycles. The molecular weight excluding hydrogens is 362 g/mol. The van der Waals surface area contributed by atoms with Gasteiger partial charge < -0.3 is 14.6 Å². The first-order chi connectivity index (χ1) is 13.2. The van der Waals surface area contributed by atoms with Crippen molar-refractivity contribution in [1.29, 1.82) is 0 Å². The number of nitrogens with zero attached hydrogens (tertiary/aromatic N) is 2. The summed E-state index contributed by atoms with van der Waals surface area (Å²) in [6.07, 6.45) is 1.49. The van der Waals surface area contributed by atoms with E-state index in [2.05, 4.69) is 15.5 Å². The summed E-state index contributed by atoms with van der Waals surface area (Å²) >= 11 is 1.53. The van der Waals surface area contributed by atoms with Crippen molar-refractivity contribution in [3.8, 4) is 11.5 Å². The molecule has 3 aromatic rings. The van der Waals surface area contributed by atoms with Crippen LogP contribution in [0.4, 0.5) is 5.00 Å². The second kappa shape index (κ2) is 7.62. The van der Waals surface area contributed by atoms with Gasteiger partial charge in [-0.1, -0.05) is 42.4 Å². The molecule has 0 aliphatic carbocycles. The number of aromatic nitrogens is 2. The fourth-order valence-electron chi connectivity index (χ4n) is 3.40. The van der Waals surface area contributed by atoms with Crippen LogP contribution in [0.5, 0.6) is 0 Å². The average Bonchev–Trinajstić information content (AvgIpc) is 3.26. The molecule has 7 heteroatoms. The maximum Gasteiger partial charge on any atom is 0.261 e. The molecule has 1 amide bonds. The van der Waals surface area contributed by atoms with E-state index in [0.29, 0.717) is 24.9 Å². The third-order valence-electron chi connectivity index (χ3n) is 4.73. The standard InChI is InChI=1S/C20H21N3O3S/c1-3-14(13-7-5-4-6-8-13)18(24)22-20-17(19-21-12(2)23-26-19)15-9-10-25-11-16(15)27-20/h4-8,14H,3,9-11H2,1-2H3,(H,22,24)/t14-/m0/s1. The van der Waals surface area contributed by atoms with Gasteiger partial charge in [-0.3, -0.25) is 4.79 Å². The fourth-order valence-corrected chi connectivity index (χ4v) is 4.58. The minimum atomic E-state index is -0.209. The predicted octanol–water partition coefficient (Wildman–Crippen LogP) is 4.31. The number of anilines is 1. The molecule has 1 atom stereocenters. The van der Waals surface area contributed by atoms with Crippen LogP contribution in [-0.4, -0.2) is 22.7 Å². The molecular formula is C20H21N3O3S. The highest BCUT2D eigenvalue weighted by molar-refractivity contribution is 7.17. The molecule has 3 heterocycles. The van der Waals surface area contributed by atoms with Gasteiger partial charge in [0.1, 0.15) is 5.00 Å².